The highest BCUT2D eigenvalue weighted by Gasteiger charge is 2.08. The number of ether oxygens (including phenoxy) is 1. The van der Waals surface area contributed by atoms with Gasteiger partial charge in [0.05, 0.1) is 25.0 Å². The smallest absolute Gasteiger partial charge is 0.243 e. The fourth-order valence-corrected chi connectivity index (χ4v) is 2.55. The Morgan fingerprint density at radius 1 is 1.24 bits per heavy atom. The third kappa shape index (κ3) is 8.21. The zero-order valence-electron chi connectivity index (χ0n) is 17.7. The Morgan fingerprint density at radius 2 is 2.07 bits per heavy atom. The summed E-state index contributed by atoms with van der Waals surface area (Å²) in [6, 6.07) is 9.72. The third-order valence-electron chi connectivity index (χ3n) is 4.21. The zero-order valence-corrected chi connectivity index (χ0v) is 17.7. The van der Waals surface area contributed by atoms with Crippen molar-refractivity contribution in [2.24, 2.45) is 10.9 Å². The number of rotatable bonds is 9. The first-order valence-corrected chi connectivity index (χ1v) is 9.84. The molecule has 156 valence electrons. The van der Waals surface area contributed by atoms with Crippen molar-refractivity contribution in [2.45, 2.75) is 33.7 Å². The average Bonchev–Trinajstić information content (AvgIpc) is 2.70. The molecule has 0 radical (unpaired) electrons. The first kappa shape index (κ1) is 22.2. The van der Waals surface area contributed by atoms with Gasteiger partial charge in [-0.3, -0.25) is 14.8 Å². The number of nitrogens with zero attached hydrogens (tertiary/aromatic N) is 2. The minimum Gasteiger partial charge on any atom is -0.493 e. The van der Waals surface area contributed by atoms with E-state index in [0.29, 0.717) is 30.7 Å². The summed E-state index contributed by atoms with van der Waals surface area (Å²) < 4.78 is 5.99. The number of aliphatic imine (C=N–C) groups is 1. The monoisotopic (exact) mass is 397 g/mol. The number of carbonyl (C=O) groups excluding carboxylic acids is 1. The van der Waals surface area contributed by atoms with Crippen molar-refractivity contribution in [1.82, 2.24) is 15.6 Å². The van der Waals surface area contributed by atoms with Gasteiger partial charge >= 0.3 is 0 Å². The number of nitrogens with one attached hydrogen (secondary N) is 3. The number of hydrogen-bond donors (Lipinski definition) is 3. The van der Waals surface area contributed by atoms with Crippen LogP contribution >= 0.6 is 0 Å². The summed E-state index contributed by atoms with van der Waals surface area (Å²) in [5.74, 6) is 1.85. The number of amides is 1. The minimum atomic E-state index is -0.172. The Labute approximate surface area is 173 Å². The summed E-state index contributed by atoms with van der Waals surface area (Å²) in [4.78, 5) is 20.2. The van der Waals surface area contributed by atoms with Gasteiger partial charge < -0.3 is 20.7 Å². The molecule has 0 unspecified atom stereocenters. The SMILES string of the molecule is CN=C(NCC(=O)Nc1cccnc1)NCc1ccc(C)cc1OCCC(C)C. The lowest BCUT2D eigenvalue weighted by Crippen LogP contribution is -2.41. The molecule has 1 aromatic carbocycles. The number of anilines is 1. The lowest BCUT2D eigenvalue weighted by Gasteiger charge is -2.16. The van der Waals surface area contributed by atoms with E-state index < -0.39 is 0 Å². The van der Waals surface area contributed by atoms with Crippen LogP contribution in [-0.4, -0.2) is 37.1 Å². The van der Waals surface area contributed by atoms with Crippen LogP contribution in [0.5, 0.6) is 5.75 Å². The molecule has 0 aliphatic rings. The molecule has 0 spiro atoms. The number of carbonyl (C=O) groups is 1. The summed E-state index contributed by atoms with van der Waals surface area (Å²) in [6.07, 6.45) is 4.27. The summed E-state index contributed by atoms with van der Waals surface area (Å²) in [6.45, 7) is 7.75. The average molecular weight is 398 g/mol. The van der Waals surface area contributed by atoms with Gasteiger partial charge in [0.2, 0.25) is 5.91 Å². The van der Waals surface area contributed by atoms with Gasteiger partial charge in [0.25, 0.3) is 0 Å². The van der Waals surface area contributed by atoms with Gasteiger partial charge in [-0.2, -0.15) is 0 Å². The molecule has 1 amide bonds. The maximum absolute atomic E-state index is 12.1. The normalized spacial score (nSPS) is 11.3. The molecule has 1 aromatic heterocycles. The number of aryl methyl sites for hydroxylation is 1. The lowest BCUT2D eigenvalue weighted by atomic mass is 10.1. The highest BCUT2D eigenvalue weighted by Crippen LogP contribution is 2.21. The van der Waals surface area contributed by atoms with Crippen LogP contribution in [0.1, 0.15) is 31.4 Å². The lowest BCUT2D eigenvalue weighted by molar-refractivity contribution is -0.115. The van der Waals surface area contributed by atoms with Gasteiger partial charge in [0.15, 0.2) is 5.96 Å². The van der Waals surface area contributed by atoms with Gasteiger partial charge in [-0.15, -0.1) is 0 Å². The molecule has 0 saturated heterocycles. The number of pyridine rings is 1. The molecule has 0 fully saturated rings. The van der Waals surface area contributed by atoms with Crippen LogP contribution < -0.4 is 20.7 Å². The van der Waals surface area contributed by atoms with E-state index in [9.17, 15) is 4.79 Å². The minimum absolute atomic E-state index is 0.0974. The number of guanidine groups is 1. The second-order valence-corrected chi connectivity index (χ2v) is 7.21. The second-order valence-electron chi connectivity index (χ2n) is 7.21. The van der Waals surface area contributed by atoms with E-state index in [-0.39, 0.29) is 12.5 Å². The maximum Gasteiger partial charge on any atom is 0.243 e. The van der Waals surface area contributed by atoms with E-state index >= 15 is 0 Å². The highest BCUT2D eigenvalue weighted by molar-refractivity contribution is 5.94. The van der Waals surface area contributed by atoms with Crippen LogP contribution in [0, 0.1) is 12.8 Å². The topological polar surface area (TPSA) is 87.6 Å². The Balaban J connectivity index is 1.86. The van der Waals surface area contributed by atoms with Crippen molar-refractivity contribution in [1.29, 1.82) is 0 Å². The summed E-state index contributed by atoms with van der Waals surface area (Å²) in [7, 11) is 1.67. The molecule has 0 aliphatic carbocycles. The van der Waals surface area contributed by atoms with E-state index in [1.807, 2.05) is 6.92 Å². The quantitative estimate of drug-likeness (QED) is 0.447. The molecule has 7 heteroatoms. The van der Waals surface area contributed by atoms with Gasteiger partial charge in [0, 0.05) is 25.4 Å². The molecule has 29 heavy (non-hydrogen) atoms. The predicted octanol–water partition coefficient (Wildman–Crippen LogP) is 3.12. The fraction of sp³-hybridized carbons (Fsp3) is 0.409. The van der Waals surface area contributed by atoms with Crippen LogP contribution in [-0.2, 0) is 11.3 Å². The first-order valence-electron chi connectivity index (χ1n) is 9.84. The van der Waals surface area contributed by atoms with Crippen molar-refractivity contribution >= 4 is 17.6 Å². The molecule has 0 saturated carbocycles. The van der Waals surface area contributed by atoms with Crippen molar-refractivity contribution < 1.29 is 9.53 Å². The standard InChI is InChI=1S/C22H31N5O2/c1-16(2)9-11-29-20-12-17(3)7-8-18(20)13-25-22(23-4)26-15-21(28)27-19-6-5-10-24-14-19/h5-8,10,12,14,16H,9,11,13,15H2,1-4H3,(H,27,28)(H2,23,25,26). The van der Waals surface area contributed by atoms with Gasteiger partial charge in [0.1, 0.15) is 5.75 Å². The molecule has 2 rings (SSSR count). The zero-order chi connectivity index (χ0) is 21.1. The van der Waals surface area contributed by atoms with Crippen molar-refractivity contribution in [3.05, 3.63) is 53.9 Å². The molecule has 2 aromatic rings. The molecule has 1 heterocycles. The number of hydrogen-bond acceptors (Lipinski definition) is 4. The molecular formula is C22H31N5O2. The highest BCUT2D eigenvalue weighted by atomic mass is 16.5. The molecule has 7 nitrogen and oxygen atoms in total. The largest absolute Gasteiger partial charge is 0.493 e. The van der Waals surface area contributed by atoms with Gasteiger partial charge in [-0.1, -0.05) is 26.0 Å². The summed E-state index contributed by atoms with van der Waals surface area (Å²) >= 11 is 0. The van der Waals surface area contributed by atoms with E-state index in [1.54, 1.807) is 31.6 Å². The van der Waals surface area contributed by atoms with E-state index in [1.165, 1.54) is 0 Å². The Morgan fingerprint density at radius 3 is 2.76 bits per heavy atom. The fourth-order valence-electron chi connectivity index (χ4n) is 2.55. The molecule has 0 atom stereocenters. The van der Waals surface area contributed by atoms with E-state index in [2.05, 4.69) is 58.0 Å². The summed E-state index contributed by atoms with van der Waals surface area (Å²) in [5.41, 5.74) is 2.86. The third-order valence-corrected chi connectivity index (χ3v) is 4.21. The van der Waals surface area contributed by atoms with Crippen LogP contribution in [0.4, 0.5) is 5.69 Å². The van der Waals surface area contributed by atoms with Crippen molar-refractivity contribution in [3.63, 3.8) is 0 Å². The Hall–Kier alpha value is -3.09. The van der Waals surface area contributed by atoms with Crippen LogP contribution in [0.2, 0.25) is 0 Å². The van der Waals surface area contributed by atoms with Gasteiger partial charge in [-0.25, -0.2) is 0 Å². The molecule has 0 aliphatic heterocycles. The molecular weight excluding hydrogens is 366 g/mol. The first-order chi connectivity index (χ1) is 14.0. The Kier molecular flexibility index (Phi) is 8.95. The van der Waals surface area contributed by atoms with Crippen LogP contribution in [0.15, 0.2) is 47.7 Å². The predicted molar refractivity (Wildman–Crippen MR) is 117 cm³/mol. The van der Waals surface area contributed by atoms with Gasteiger partial charge in [-0.05, 0) is 43.0 Å². The molecule has 3 N–H and O–H groups in total. The summed E-state index contributed by atoms with van der Waals surface area (Å²) in [5, 5.41) is 9.02. The Bertz CT molecular complexity index is 806. The molecule has 0 bridgehead atoms. The number of aromatic nitrogens is 1. The van der Waals surface area contributed by atoms with E-state index in [4.69, 9.17) is 4.74 Å². The van der Waals surface area contributed by atoms with Crippen molar-refractivity contribution in [2.75, 3.05) is 25.5 Å². The van der Waals surface area contributed by atoms with E-state index in [0.717, 1.165) is 23.3 Å². The second kappa shape index (κ2) is 11.7. The van der Waals surface area contributed by atoms with Crippen LogP contribution in [0.25, 0.3) is 0 Å². The van der Waals surface area contributed by atoms with Crippen molar-refractivity contribution in [3.8, 4) is 5.75 Å². The maximum atomic E-state index is 12.1. The number of benzene rings is 1. The van der Waals surface area contributed by atoms with Crippen LogP contribution in [0.3, 0.4) is 0 Å².